The number of alkyl halides is 1. The molecule has 2 aromatic rings. The first-order valence-electron chi connectivity index (χ1n) is 7.91. The topological polar surface area (TPSA) is 93.7 Å². The van der Waals surface area contributed by atoms with Gasteiger partial charge in [-0.1, -0.05) is 6.07 Å². The molecule has 3 amide bonds. The molecule has 1 atom stereocenters. The molecular weight excluding hydrogens is 451 g/mol. The molecule has 1 fully saturated rings. The number of amides is 3. The molecular formula is C17H17IN4O4. The average molecular weight is 468 g/mol. The summed E-state index contributed by atoms with van der Waals surface area (Å²) in [6.07, 6.45) is 2.74. The molecule has 3 rings (SSSR count). The lowest BCUT2D eigenvalue weighted by molar-refractivity contribution is -0.118. The van der Waals surface area contributed by atoms with Crippen LogP contribution in [0.3, 0.4) is 0 Å². The molecule has 0 bridgehead atoms. The van der Waals surface area contributed by atoms with Crippen LogP contribution in [-0.2, 0) is 4.79 Å². The zero-order valence-electron chi connectivity index (χ0n) is 14.4. The van der Waals surface area contributed by atoms with Crippen molar-refractivity contribution in [3.05, 3.63) is 36.2 Å². The van der Waals surface area contributed by atoms with Crippen molar-refractivity contribution in [3.8, 4) is 17.5 Å². The Labute approximate surface area is 164 Å². The standard InChI is InChI=1S/C17H17IN4O4/c1-4-25-13-7-12(6-5-10(13)2)26-15-19-8-11(9-20-15)22-14(23)17(3,18)21-16(22)24/h5-9H,4H2,1-3H3,(H,21,24)/t17-/m0/s1. The third kappa shape index (κ3) is 3.57. The normalized spacial score (nSPS) is 19.5. The van der Waals surface area contributed by atoms with Crippen LogP contribution in [0.25, 0.3) is 0 Å². The summed E-state index contributed by atoms with van der Waals surface area (Å²) in [7, 11) is 0. The number of imide groups is 1. The number of hydrogen-bond acceptors (Lipinski definition) is 6. The number of nitrogens with zero attached hydrogens (tertiary/aromatic N) is 3. The fourth-order valence-electron chi connectivity index (χ4n) is 2.38. The fraction of sp³-hybridized carbons (Fsp3) is 0.294. The van der Waals surface area contributed by atoms with Crippen molar-refractivity contribution >= 4 is 40.2 Å². The number of aryl methyl sites for hydroxylation is 1. The van der Waals surface area contributed by atoms with Gasteiger partial charge in [0.2, 0.25) is 0 Å². The molecule has 2 heterocycles. The van der Waals surface area contributed by atoms with E-state index < -0.39 is 9.58 Å². The van der Waals surface area contributed by atoms with Gasteiger partial charge in [-0.3, -0.25) is 4.79 Å². The summed E-state index contributed by atoms with van der Waals surface area (Å²) < 4.78 is 10.2. The first-order chi connectivity index (χ1) is 12.3. The number of hydrogen-bond donors (Lipinski definition) is 1. The van der Waals surface area contributed by atoms with Crippen LogP contribution >= 0.6 is 22.6 Å². The Bertz CT molecular complexity index is 854. The Kier molecular flexibility index (Phi) is 4.99. The van der Waals surface area contributed by atoms with Gasteiger partial charge < -0.3 is 14.8 Å². The van der Waals surface area contributed by atoms with E-state index in [4.69, 9.17) is 9.47 Å². The molecule has 0 spiro atoms. The first kappa shape index (κ1) is 18.4. The highest BCUT2D eigenvalue weighted by molar-refractivity contribution is 14.1. The number of nitrogens with one attached hydrogen (secondary N) is 1. The van der Waals surface area contributed by atoms with E-state index in [0.717, 1.165) is 16.2 Å². The summed E-state index contributed by atoms with van der Waals surface area (Å²) in [5.41, 5.74) is 1.27. The molecule has 0 aliphatic carbocycles. The van der Waals surface area contributed by atoms with Crippen molar-refractivity contribution < 1.29 is 19.1 Å². The van der Waals surface area contributed by atoms with E-state index in [2.05, 4.69) is 15.3 Å². The second kappa shape index (κ2) is 7.06. The van der Waals surface area contributed by atoms with E-state index in [1.165, 1.54) is 12.4 Å². The van der Waals surface area contributed by atoms with Crippen molar-refractivity contribution in [2.75, 3.05) is 11.5 Å². The number of urea groups is 1. The number of carbonyl (C=O) groups is 2. The lowest BCUT2D eigenvalue weighted by Gasteiger charge is -2.14. The van der Waals surface area contributed by atoms with E-state index in [0.29, 0.717) is 12.4 Å². The number of halogens is 1. The monoisotopic (exact) mass is 468 g/mol. The van der Waals surface area contributed by atoms with Gasteiger partial charge in [0.05, 0.1) is 24.7 Å². The Balaban J connectivity index is 1.78. The second-order valence-electron chi connectivity index (χ2n) is 5.76. The van der Waals surface area contributed by atoms with Crippen LogP contribution in [0, 0.1) is 6.92 Å². The van der Waals surface area contributed by atoms with Crippen LogP contribution in [0.5, 0.6) is 17.5 Å². The number of carbonyl (C=O) groups excluding carboxylic acids is 2. The summed E-state index contributed by atoms with van der Waals surface area (Å²) in [5.74, 6) is 0.879. The highest BCUT2D eigenvalue weighted by Gasteiger charge is 2.47. The number of aromatic nitrogens is 2. The molecule has 1 N–H and O–H groups in total. The van der Waals surface area contributed by atoms with E-state index >= 15 is 0 Å². The van der Waals surface area contributed by atoms with Gasteiger partial charge in [-0.25, -0.2) is 19.7 Å². The maximum absolute atomic E-state index is 12.3. The Morgan fingerprint density at radius 3 is 2.54 bits per heavy atom. The van der Waals surface area contributed by atoms with E-state index in [1.54, 1.807) is 19.1 Å². The van der Waals surface area contributed by atoms with Gasteiger partial charge in [0.15, 0.2) is 3.55 Å². The molecule has 8 nitrogen and oxygen atoms in total. The lowest BCUT2D eigenvalue weighted by Crippen LogP contribution is -2.36. The Morgan fingerprint density at radius 2 is 1.96 bits per heavy atom. The van der Waals surface area contributed by atoms with Crippen molar-refractivity contribution in [2.24, 2.45) is 0 Å². The van der Waals surface area contributed by atoms with Gasteiger partial charge in [-0.05, 0) is 55.0 Å². The van der Waals surface area contributed by atoms with Gasteiger partial charge in [0.1, 0.15) is 11.5 Å². The number of benzene rings is 1. The van der Waals surface area contributed by atoms with Gasteiger partial charge in [-0.15, -0.1) is 0 Å². The van der Waals surface area contributed by atoms with Gasteiger partial charge in [-0.2, -0.15) is 0 Å². The predicted molar refractivity (Wildman–Crippen MR) is 103 cm³/mol. The fourth-order valence-corrected chi connectivity index (χ4v) is 2.86. The minimum atomic E-state index is -0.985. The molecule has 9 heteroatoms. The summed E-state index contributed by atoms with van der Waals surface area (Å²) in [5, 5.41) is 2.59. The summed E-state index contributed by atoms with van der Waals surface area (Å²) in [6, 6.07) is 5.01. The highest BCUT2D eigenvalue weighted by Crippen LogP contribution is 2.30. The van der Waals surface area contributed by atoms with E-state index in [1.807, 2.05) is 42.5 Å². The number of rotatable bonds is 5. The minimum Gasteiger partial charge on any atom is -0.493 e. The van der Waals surface area contributed by atoms with Crippen LogP contribution in [0.4, 0.5) is 10.5 Å². The lowest BCUT2D eigenvalue weighted by atomic mass is 10.2. The van der Waals surface area contributed by atoms with E-state index in [9.17, 15) is 9.59 Å². The number of anilines is 1. The molecule has 1 aliphatic rings. The Morgan fingerprint density at radius 1 is 1.27 bits per heavy atom. The molecule has 0 radical (unpaired) electrons. The zero-order valence-corrected chi connectivity index (χ0v) is 16.6. The smallest absolute Gasteiger partial charge is 0.330 e. The number of ether oxygens (including phenoxy) is 2. The quantitative estimate of drug-likeness (QED) is 0.314. The minimum absolute atomic E-state index is 0.101. The third-order valence-electron chi connectivity index (χ3n) is 3.69. The molecule has 1 aromatic carbocycles. The zero-order chi connectivity index (χ0) is 18.9. The molecule has 136 valence electrons. The van der Waals surface area contributed by atoms with Gasteiger partial charge >= 0.3 is 12.0 Å². The summed E-state index contributed by atoms with van der Waals surface area (Å²) in [4.78, 5) is 33.5. The van der Waals surface area contributed by atoms with Crippen molar-refractivity contribution in [1.82, 2.24) is 15.3 Å². The highest BCUT2D eigenvalue weighted by atomic mass is 127. The van der Waals surface area contributed by atoms with Crippen molar-refractivity contribution in [2.45, 2.75) is 24.3 Å². The van der Waals surface area contributed by atoms with Gasteiger partial charge in [0.25, 0.3) is 5.91 Å². The van der Waals surface area contributed by atoms with Crippen LogP contribution in [0.15, 0.2) is 30.6 Å². The van der Waals surface area contributed by atoms with Crippen molar-refractivity contribution in [1.29, 1.82) is 0 Å². The largest absolute Gasteiger partial charge is 0.493 e. The maximum Gasteiger partial charge on any atom is 0.330 e. The van der Waals surface area contributed by atoms with Gasteiger partial charge in [0, 0.05) is 6.07 Å². The molecule has 1 saturated heterocycles. The predicted octanol–water partition coefficient (Wildman–Crippen LogP) is 3.18. The van der Waals surface area contributed by atoms with Crippen LogP contribution in [0.2, 0.25) is 0 Å². The molecule has 1 aliphatic heterocycles. The van der Waals surface area contributed by atoms with E-state index in [-0.39, 0.29) is 17.6 Å². The van der Waals surface area contributed by atoms with Crippen LogP contribution in [0.1, 0.15) is 19.4 Å². The Hall–Kier alpha value is -2.43. The molecule has 26 heavy (non-hydrogen) atoms. The maximum atomic E-state index is 12.3. The summed E-state index contributed by atoms with van der Waals surface area (Å²) >= 11 is 1.88. The second-order valence-corrected chi connectivity index (χ2v) is 7.92. The van der Waals surface area contributed by atoms with Crippen LogP contribution < -0.4 is 19.7 Å². The van der Waals surface area contributed by atoms with Crippen molar-refractivity contribution in [3.63, 3.8) is 0 Å². The molecule has 1 aromatic heterocycles. The third-order valence-corrected chi connectivity index (χ3v) is 4.42. The summed E-state index contributed by atoms with van der Waals surface area (Å²) in [6.45, 7) is 6.03. The average Bonchev–Trinajstić information content (AvgIpc) is 2.79. The molecule has 0 saturated carbocycles. The molecule has 0 unspecified atom stereocenters. The first-order valence-corrected chi connectivity index (χ1v) is 8.98. The SMILES string of the molecule is CCOc1cc(Oc2ncc(N3C(=O)N[C@](C)(I)C3=O)cn2)ccc1C. The van der Waals surface area contributed by atoms with Crippen LogP contribution in [-0.4, -0.2) is 32.1 Å².